The first-order valence-electron chi connectivity index (χ1n) is 11.7. The maximum absolute atomic E-state index is 13.3. The van der Waals surface area contributed by atoms with Gasteiger partial charge in [0, 0.05) is 5.56 Å². The molecule has 1 atom stereocenters. The lowest BCUT2D eigenvalue weighted by atomic mass is 9.96. The number of aryl methyl sites for hydroxylation is 2. The summed E-state index contributed by atoms with van der Waals surface area (Å²) >= 11 is 0. The summed E-state index contributed by atoms with van der Waals surface area (Å²) in [6, 6.07) is 17.6. The fraction of sp³-hybridized carbons (Fsp3) is 0.321. The van der Waals surface area contributed by atoms with Gasteiger partial charge in [0.15, 0.2) is 0 Å². The molecular weight excluding hydrogens is 460 g/mol. The van der Waals surface area contributed by atoms with Gasteiger partial charge in [-0.1, -0.05) is 44.2 Å². The van der Waals surface area contributed by atoms with Crippen molar-refractivity contribution in [2.45, 2.75) is 52.0 Å². The fourth-order valence-corrected chi connectivity index (χ4v) is 5.31. The molecule has 35 heavy (non-hydrogen) atoms. The van der Waals surface area contributed by atoms with Crippen LogP contribution >= 0.6 is 0 Å². The van der Waals surface area contributed by atoms with E-state index in [1.54, 1.807) is 32.2 Å². The van der Waals surface area contributed by atoms with E-state index in [0.717, 1.165) is 28.9 Å². The highest BCUT2D eigenvalue weighted by atomic mass is 32.2. The second kappa shape index (κ2) is 11.0. The SMILES string of the molecule is COc1ccc([C@@H](CC(C)C)NC(=O)c2ccc(C)c(S(=O)(=O)Nc3cccc(C)c3C)c2)cc1. The lowest BCUT2D eigenvalue weighted by Crippen LogP contribution is -2.30. The van der Waals surface area contributed by atoms with E-state index in [1.807, 2.05) is 50.2 Å². The Balaban J connectivity index is 1.89. The van der Waals surface area contributed by atoms with Crippen LogP contribution < -0.4 is 14.8 Å². The van der Waals surface area contributed by atoms with Crippen molar-refractivity contribution in [1.29, 1.82) is 0 Å². The smallest absolute Gasteiger partial charge is 0.262 e. The number of rotatable bonds is 9. The molecule has 0 aromatic heterocycles. The van der Waals surface area contributed by atoms with E-state index >= 15 is 0 Å². The van der Waals surface area contributed by atoms with E-state index < -0.39 is 10.0 Å². The molecule has 0 spiro atoms. The van der Waals surface area contributed by atoms with E-state index in [1.165, 1.54) is 6.07 Å². The van der Waals surface area contributed by atoms with Gasteiger partial charge in [-0.25, -0.2) is 8.42 Å². The number of sulfonamides is 1. The number of anilines is 1. The summed E-state index contributed by atoms with van der Waals surface area (Å²) in [4.78, 5) is 13.3. The van der Waals surface area contributed by atoms with Crippen molar-refractivity contribution in [3.05, 3.63) is 88.5 Å². The van der Waals surface area contributed by atoms with Gasteiger partial charge in [0.2, 0.25) is 0 Å². The molecule has 3 aromatic carbocycles. The topological polar surface area (TPSA) is 84.5 Å². The van der Waals surface area contributed by atoms with Crippen LogP contribution in [0.1, 0.15) is 58.9 Å². The summed E-state index contributed by atoms with van der Waals surface area (Å²) in [5.74, 6) is 0.765. The molecule has 0 fully saturated rings. The molecule has 0 aliphatic rings. The Morgan fingerprint density at radius 1 is 0.943 bits per heavy atom. The average Bonchev–Trinajstić information content (AvgIpc) is 2.81. The number of hydrogen-bond donors (Lipinski definition) is 2. The van der Waals surface area contributed by atoms with Crippen molar-refractivity contribution in [1.82, 2.24) is 5.32 Å². The normalized spacial score (nSPS) is 12.3. The van der Waals surface area contributed by atoms with Crippen molar-refractivity contribution in [2.75, 3.05) is 11.8 Å². The standard InChI is InChI=1S/C28H34N2O4S/c1-18(2)16-26(22-12-14-24(34-6)15-13-22)29-28(31)23-11-10-20(4)27(17-23)35(32,33)30-25-9-7-8-19(3)21(25)5/h7-15,17-18,26,30H,16H2,1-6H3,(H,29,31)/t26-/m1/s1. The van der Waals surface area contributed by atoms with Gasteiger partial charge in [0.1, 0.15) is 5.75 Å². The first-order valence-corrected chi connectivity index (χ1v) is 13.1. The molecule has 0 bridgehead atoms. The molecule has 1 amide bonds. The zero-order valence-corrected chi connectivity index (χ0v) is 22.0. The number of nitrogens with one attached hydrogen (secondary N) is 2. The summed E-state index contributed by atoms with van der Waals surface area (Å²) in [7, 11) is -2.28. The van der Waals surface area contributed by atoms with Gasteiger partial charge in [-0.05, 0) is 85.7 Å². The van der Waals surface area contributed by atoms with Gasteiger partial charge in [-0.3, -0.25) is 9.52 Å². The van der Waals surface area contributed by atoms with Crippen molar-refractivity contribution < 1.29 is 17.9 Å². The Labute approximate surface area is 208 Å². The molecule has 0 aliphatic carbocycles. The summed E-state index contributed by atoms with van der Waals surface area (Å²) in [6.45, 7) is 9.71. The second-order valence-corrected chi connectivity index (χ2v) is 10.9. The maximum Gasteiger partial charge on any atom is 0.262 e. The minimum Gasteiger partial charge on any atom is -0.497 e. The van der Waals surface area contributed by atoms with Crippen LogP contribution in [0.2, 0.25) is 0 Å². The van der Waals surface area contributed by atoms with E-state index in [9.17, 15) is 13.2 Å². The molecule has 0 radical (unpaired) electrons. The van der Waals surface area contributed by atoms with Gasteiger partial charge in [-0.2, -0.15) is 0 Å². The molecule has 3 rings (SSSR count). The highest BCUT2D eigenvalue weighted by molar-refractivity contribution is 7.92. The van der Waals surface area contributed by atoms with Gasteiger partial charge in [0.25, 0.3) is 15.9 Å². The average molecular weight is 495 g/mol. The fourth-order valence-electron chi connectivity index (χ4n) is 3.92. The van der Waals surface area contributed by atoms with Crippen LogP contribution in [0.4, 0.5) is 5.69 Å². The Hall–Kier alpha value is -3.32. The van der Waals surface area contributed by atoms with Gasteiger partial charge >= 0.3 is 0 Å². The largest absolute Gasteiger partial charge is 0.497 e. The molecule has 0 saturated heterocycles. The highest BCUT2D eigenvalue weighted by Gasteiger charge is 2.22. The minimum absolute atomic E-state index is 0.0795. The van der Waals surface area contributed by atoms with Crippen LogP contribution in [0, 0.1) is 26.7 Å². The lowest BCUT2D eigenvalue weighted by Gasteiger charge is -2.22. The second-order valence-electron chi connectivity index (χ2n) is 9.26. The van der Waals surface area contributed by atoms with Crippen molar-refractivity contribution in [3.63, 3.8) is 0 Å². The number of carbonyl (C=O) groups excluding carboxylic acids is 1. The molecule has 0 heterocycles. The third-order valence-corrected chi connectivity index (χ3v) is 7.63. The third-order valence-electron chi connectivity index (χ3n) is 6.12. The number of benzene rings is 3. The Morgan fingerprint density at radius 2 is 1.63 bits per heavy atom. The third kappa shape index (κ3) is 6.42. The van der Waals surface area contributed by atoms with Gasteiger partial charge in [0.05, 0.1) is 23.7 Å². The van der Waals surface area contributed by atoms with Crippen LogP contribution in [0.5, 0.6) is 5.75 Å². The molecule has 7 heteroatoms. The zero-order valence-electron chi connectivity index (χ0n) is 21.2. The number of amides is 1. The maximum atomic E-state index is 13.3. The summed E-state index contributed by atoms with van der Waals surface area (Å²) < 4.78 is 34.4. The van der Waals surface area contributed by atoms with Gasteiger partial charge in [-0.15, -0.1) is 0 Å². The van der Waals surface area contributed by atoms with Crippen LogP contribution in [0.15, 0.2) is 65.6 Å². The molecule has 2 N–H and O–H groups in total. The number of hydrogen-bond acceptors (Lipinski definition) is 4. The van der Waals surface area contributed by atoms with Crippen LogP contribution in [-0.4, -0.2) is 21.4 Å². The summed E-state index contributed by atoms with van der Waals surface area (Å²) in [6.07, 6.45) is 0.739. The quantitative estimate of drug-likeness (QED) is 0.386. The lowest BCUT2D eigenvalue weighted by molar-refractivity contribution is 0.0931. The molecule has 0 saturated carbocycles. The van der Waals surface area contributed by atoms with E-state index in [-0.39, 0.29) is 16.8 Å². The Bertz CT molecular complexity index is 1300. The summed E-state index contributed by atoms with van der Waals surface area (Å²) in [5, 5.41) is 3.09. The first kappa shape index (κ1) is 26.3. The number of methoxy groups -OCH3 is 1. The number of carbonyl (C=O) groups is 1. The van der Waals surface area contributed by atoms with E-state index in [2.05, 4.69) is 23.9 Å². The first-order chi connectivity index (χ1) is 16.5. The summed E-state index contributed by atoms with van der Waals surface area (Å²) in [5.41, 5.74) is 4.19. The minimum atomic E-state index is -3.89. The van der Waals surface area contributed by atoms with Crippen LogP contribution in [-0.2, 0) is 10.0 Å². The molecular formula is C28H34N2O4S. The predicted molar refractivity (Wildman–Crippen MR) is 141 cm³/mol. The Morgan fingerprint density at radius 3 is 2.26 bits per heavy atom. The highest BCUT2D eigenvalue weighted by Crippen LogP contribution is 2.26. The van der Waals surface area contributed by atoms with Crippen molar-refractivity contribution >= 4 is 21.6 Å². The van der Waals surface area contributed by atoms with Crippen LogP contribution in [0.3, 0.4) is 0 Å². The number of ether oxygens (including phenoxy) is 1. The zero-order chi connectivity index (χ0) is 25.8. The predicted octanol–water partition coefficient (Wildman–Crippen LogP) is 5.94. The van der Waals surface area contributed by atoms with Crippen molar-refractivity contribution in [2.24, 2.45) is 5.92 Å². The molecule has 0 unspecified atom stereocenters. The van der Waals surface area contributed by atoms with Gasteiger partial charge < -0.3 is 10.1 Å². The van der Waals surface area contributed by atoms with Crippen molar-refractivity contribution in [3.8, 4) is 5.75 Å². The van der Waals surface area contributed by atoms with E-state index in [4.69, 9.17) is 4.74 Å². The van der Waals surface area contributed by atoms with E-state index in [0.29, 0.717) is 22.7 Å². The molecule has 0 aliphatic heterocycles. The monoisotopic (exact) mass is 494 g/mol. The molecule has 6 nitrogen and oxygen atoms in total. The molecule has 186 valence electrons. The molecule has 3 aromatic rings. The van der Waals surface area contributed by atoms with Crippen LogP contribution in [0.25, 0.3) is 0 Å². The Kier molecular flexibility index (Phi) is 8.22.